The minimum Gasteiger partial charge on any atom is -0.484 e. The van der Waals surface area contributed by atoms with Gasteiger partial charge in [-0.1, -0.05) is 24.3 Å². The first-order valence-corrected chi connectivity index (χ1v) is 7.56. The highest BCUT2D eigenvalue weighted by molar-refractivity contribution is 5.93. The highest BCUT2D eigenvalue weighted by atomic mass is 16.6. The molecular formula is C17H16N2O4. The molecule has 2 N–H and O–H groups in total. The molecule has 1 aliphatic heterocycles. The molecule has 0 bridgehead atoms. The van der Waals surface area contributed by atoms with E-state index in [2.05, 4.69) is 10.3 Å². The molecule has 0 saturated heterocycles. The van der Waals surface area contributed by atoms with E-state index >= 15 is 0 Å². The van der Waals surface area contributed by atoms with E-state index in [1.165, 1.54) is 0 Å². The van der Waals surface area contributed by atoms with E-state index in [4.69, 9.17) is 9.47 Å². The number of fused-ring (bicyclic) bond motifs is 2. The Morgan fingerprint density at radius 1 is 1.17 bits per heavy atom. The van der Waals surface area contributed by atoms with Crippen LogP contribution in [0, 0.1) is 0 Å². The number of carbonyl (C=O) groups excluding carboxylic acids is 1. The van der Waals surface area contributed by atoms with Crippen LogP contribution in [0.25, 0.3) is 0 Å². The zero-order chi connectivity index (χ0) is 15.8. The number of rotatable bonds is 2. The van der Waals surface area contributed by atoms with Gasteiger partial charge >= 0.3 is 0 Å². The van der Waals surface area contributed by atoms with Crippen LogP contribution in [0.15, 0.2) is 36.4 Å². The maximum Gasteiger partial charge on any atom is 0.270 e. The van der Waals surface area contributed by atoms with Crippen LogP contribution in [0.5, 0.6) is 11.6 Å². The van der Waals surface area contributed by atoms with Gasteiger partial charge < -0.3 is 19.9 Å². The van der Waals surface area contributed by atoms with Crippen LogP contribution >= 0.6 is 0 Å². The van der Waals surface area contributed by atoms with Crippen molar-refractivity contribution in [2.45, 2.75) is 18.6 Å². The van der Waals surface area contributed by atoms with Crippen LogP contribution in [0.3, 0.4) is 0 Å². The van der Waals surface area contributed by atoms with Crippen molar-refractivity contribution < 1.29 is 19.4 Å². The number of pyridine rings is 1. The average Bonchev–Trinajstić information content (AvgIpc) is 2.91. The number of benzene rings is 1. The normalized spacial score (nSPS) is 21.6. The lowest BCUT2D eigenvalue weighted by molar-refractivity contribution is 0.0851. The maximum absolute atomic E-state index is 12.4. The summed E-state index contributed by atoms with van der Waals surface area (Å²) >= 11 is 0. The number of nitrogens with one attached hydrogen (secondary N) is 1. The smallest absolute Gasteiger partial charge is 0.270 e. The van der Waals surface area contributed by atoms with Crippen LogP contribution in [0.1, 0.15) is 27.7 Å². The van der Waals surface area contributed by atoms with E-state index in [0.29, 0.717) is 31.3 Å². The van der Waals surface area contributed by atoms with Gasteiger partial charge in [0.15, 0.2) is 5.75 Å². The number of carbonyl (C=O) groups is 1. The molecule has 1 aromatic heterocycles. The van der Waals surface area contributed by atoms with Gasteiger partial charge in [0.2, 0.25) is 0 Å². The Bertz CT molecular complexity index is 762. The Hall–Kier alpha value is -2.60. The second-order valence-corrected chi connectivity index (χ2v) is 5.62. The highest BCUT2D eigenvalue weighted by Gasteiger charge is 2.32. The number of nitrogens with zero attached hydrogens (tertiary/aromatic N) is 1. The lowest BCUT2D eigenvalue weighted by Gasteiger charge is -2.19. The molecule has 6 nitrogen and oxygen atoms in total. The summed E-state index contributed by atoms with van der Waals surface area (Å²) in [5, 5.41) is 13.2. The largest absolute Gasteiger partial charge is 0.484 e. The van der Waals surface area contributed by atoms with Crippen molar-refractivity contribution in [2.75, 3.05) is 13.2 Å². The predicted octanol–water partition coefficient (Wildman–Crippen LogP) is 1.24. The number of hydrogen-bond donors (Lipinski definition) is 2. The van der Waals surface area contributed by atoms with Gasteiger partial charge in [0.05, 0.1) is 12.1 Å². The van der Waals surface area contributed by atoms with Gasteiger partial charge in [-0.25, -0.2) is 4.98 Å². The molecule has 0 saturated carbocycles. The summed E-state index contributed by atoms with van der Waals surface area (Å²) in [6.45, 7) is 0.897. The lowest BCUT2D eigenvalue weighted by Crippen LogP contribution is -2.38. The molecule has 0 spiro atoms. The fraction of sp³-hybridized carbons (Fsp3) is 0.294. The van der Waals surface area contributed by atoms with Crippen LogP contribution in [0.2, 0.25) is 0 Å². The molecule has 0 radical (unpaired) electrons. The SMILES string of the molecule is O=C(N[C@H]1Cc2ccccc2[C@@H]1O)c1ccc2c(n1)OCCO2. The Balaban J connectivity index is 1.51. The fourth-order valence-corrected chi connectivity index (χ4v) is 3.00. The molecule has 1 amide bonds. The third-order valence-electron chi connectivity index (χ3n) is 4.15. The number of amides is 1. The summed E-state index contributed by atoms with van der Waals surface area (Å²) in [7, 11) is 0. The molecule has 2 heterocycles. The summed E-state index contributed by atoms with van der Waals surface area (Å²) in [5.41, 5.74) is 2.17. The second kappa shape index (κ2) is 5.55. The van der Waals surface area contributed by atoms with Crippen molar-refractivity contribution >= 4 is 5.91 Å². The van der Waals surface area contributed by atoms with Crippen LogP contribution < -0.4 is 14.8 Å². The van der Waals surface area contributed by atoms with E-state index in [-0.39, 0.29) is 17.6 Å². The van der Waals surface area contributed by atoms with Gasteiger partial charge in [0.1, 0.15) is 18.9 Å². The molecule has 2 atom stereocenters. The molecule has 1 aliphatic carbocycles. The maximum atomic E-state index is 12.4. The molecule has 1 aromatic carbocycles. The monoisotopic (exact) mass is 312 g/mol. The van der Waals surface area contributed by atoms with Crippen LogP contribution in [-0.4, -0.2) is 35.3 Å². The molecule has 4 rings (SSSR count). The van der Waals surface area contributed by atoms with Gasteiger partial charge in [0, 0.05) is 0 Å². The summed E-state index contributed by atoms with van der Waals surface area (Å²) < 4.78 is 10.8. The fourth-order valence-electron chi connectivity index (χ4n) is 3.00. The second-order valence-electron chi connectivity index (χ2n) is 5.62. The van der Waals surface area contributed by atoms with Gasteiger partial charge in [-0.15, -0.1) is 0 Å². The van der Waals surface area contributed by atoms with Gasteiger partial charge in [-0.2, -0.15) is 0 Å². The molecule has 2 aliphatic rings. The minimum atomic E-state index is -0.702. The molecule has 0 fully saturated rings. The van der Waals surface area contributed by atoms with E-state index in [0.717, 1.165) is 11.1 Å². The molecular weight excluding hydrogens is 296 g/mol. The first-order chi connectivity index (χ1) is 11.2. The molecule has 2 aromatic rings. The first-order valence-electron chi connectivity index (χ1n) is 7.56. The number of ether oxygens (including phenoxy) is 2. The lowest BCUT2D eigenvalue weighted by atomic mass is 10.1. The van der Waals surface area contributed by atoms with E-state index in [1.54, 1.807) is 12.1 Å². The Labute approximate surface area is 133 Å². The number of aliphatic hydroxyl groups excluding tert-OH is 1. The van der Waals surface area contributed by atoms with Crippen molar-refractivity contribution in [3.8, 4) is 11.6 Å². The molecule has 0 unspecified atom stereocenters. The topological polar surface area (TPSA) is 80.7 Å². The average molecular weight is 312 g/mol. The number of hydrogen-bond acceptors (Lipinski definition) is 5. The standard InChI is InChI=1S/C17H16N2O4/c20-15-11-4-2-1-3-10(11)9-13(15)18-16(21)12-5-6-14-17(19-12)23-8-7-22-14/h1-6,13,15,20H,7-9H2,(H,18,21)/t13-,15-/m0/s1. The molecule has 23 heavy (non-hydrogen) atoms. The minimum absolute atomic E-state index is 0.248. The summed E-state index contributed by atoms with van der Waals surface area (Å²) in [5.74, 6) is 0.541. The van der Waals surface area contributed by atoms with Gasteiger partial charge in [0.25, 0.3) is 11.8 Å². The molecule has 118 valence electrons. The molecule has 6 heteroatoms. The predicted molar refractivity (Wildman–Crippen MR) is 81.6 cm³/mol. The zero-order valence-corrected chi connectivity index (χ0v) is 12.4. The van der Waals surface area contributed by atoms with Crippen molar-refractivity contribution in [1.29, 1.82) is 0 Å². The quantitative estimate of drug-likeness (QED) is 0.872. The van der Waals surface area contributed by atoms with E-state index in [9.17, 15) is 9.90 Å². The number of aliphatic hydroxyl groups is 1. The van der Waals surface area contributed by atoms with Crippen molar-refractivity contribution in [3.63, 3.8) is 0 Å². The highest BCUT2D eigenvalue weighted by Crippen LogP contribution is 2.31. The van der Waals surface area contributed by atoms with Crippen molar-refractivity contribution in [3.05, 3.63) is 53.2 Å². The van der Waals surface area contributed by atoms with Gasteiger partial charge in [-0.05, 0) is 29.7 Å². The Morgan fingerprint density at radius 3 is 2.87 bits per heavy atom. The van der Waals surface area contributed by atoms with Crippen molar-refractivity contribution in [1.82, 2.24) is 10.3 Å². The van der Waals surface area contributed by atoms with E-state index in [1.807, 2.05) is 24.3 Å². The zero-order valence-electron chi connectivity index (χ0n) is 12.4. The Morgan fingerprint density at radius 2 is 2.00 bits per heavy atom. The first kappa shape index (κ1) is 14.0. The van der Waals surface area contributed by atoms with Gasteiger partial charge in [-0.3, -0.25) is 4.79 Å². The Kier molecular flexibility index (Phi) is 3.38. The third kappa shape index (κ3) is 2.51. The van der Waals surface area contributed by atoms with Crippen molar-refractivity contribution in [2.24, 2.45) is 0 Å². The van der Waals surface area contributed by atoms with Crippen LogP contribution in [0.4, 0.5) is 0 Å². The van der Waals surface area contributed by atoms with E-state index < -0.39 is 6.10 Å². The summed E-state index contributed by atoms with van der Waals surface area (Å²) in [6, 6.07) is 10.6. The van der Waals surface area contributed by atoms with Crippen LogP contribution in [-0.2, 0) is 6.42 Å². The number of aromatic nitrogens is 1. The summed E-state index contributed by atoms with van der Waals surface area (Å²) in [4.78, 5) is 16.6. The summed E-state index contributed by atoms with van der Waals surface area (Å²) in [6.07, 6.45) is -0.0967. The third-order valence-corrected chi connectivity index (χ3v) is 4.15.